The van der Waals surface area contributed by atoms with Crippen LogP contribution in [0.2, 0.25) is 5.02 Å². The van der Waals surface area contributed by atoms with Crippen molar-refractivity contribution in [2.45, 2.75) is 33.1 Å². The molecule has 1 heterocycles. The van der Waals surface area contributed by atoms with Crippen LogP contribution in [0.4, 0.5) is 0 Å². The molecule has 0 atom stereocenters. The van der Waals surface area contributed by atoms with Gasteiger partial charge in [-0.2, -0.15) is 0 Å². The summed E-state index contributed by atoms with van der Waals surface area (Å²) < 4.78 is 5.68. The first-order chi connectivity index (χ1) is 9.72. The number of aromatic nitrogens is 2. The van der Waals surface area contributed by atoms with Crippen LogP contribution in [0.15, 0.2) is 22.6 Å². The number of nitrogens with zero attached hydrogens (tertiary/aromatic N) is 2. The first-order valence-corrected chi connectivity index (χ1v) is 7.38. The highest BCUT2D eigenvalue weighted by Gasteiger charge is 2.12. The minimum Gasteiger partial charge on any atom is -0.421 e. The molecule has 0 amide bonds. The topological polar surface area (TPSA) is 51.0 Å². The van der Waals surface area contributed by atoms with Gasteiger partial charge in [0.1, 0.15) is 0 Å². The molecule has 0 fully saturated rings. The van der Waals surface area contributed by atoms with E-state index in [1.165, 1.54) is 0 Å². The van der Waals surface area contributed by atoms with Crippen molar-refractivity contribution < 1.29 is 4.42 Å². The van der Waals surface area contributed by atoms with Crippen LogP contribution < -0.4 is 5.32 Å². The highest BCUT2D eigenvalue weighted by atomic mass is 35.5. The predicted octanol–water partition coefficient (Wildman–Crippen LogP) is 3.63. The quantitative estimate of drug-likeness (QED) is 0.792. The average Bonchev–Trinajstić information content (AvgIpc) is 2.90. The van der Waals surface area contributed by atoms with Crippen molar-refractivity contribution in [3.05, 3.63) is 34.7 Å². The van der Waals surface area contributed by atoms with E-state index in [2.05, 4.69) is 22.4 Å². The van der Waals surface area contributed by atoms with Crippen LogP contribution in [0.25, 0.3) is 11.5 Å². The minimum absolute atomic E-state index is 0.496. The molecular formula is C15H20ClN3O. The molecule has 0 saturated carbocycles. The van der Waals surface area contributed by atoms with Crippen LogP contribution in [-0.2, 0) is 6.42 Å². The largest absolute Gasteiger partial charge is 0.421 e. The van der Waals surface area contributed by atoms with Crippen LogP contribution in [-0.4, -0.2) is 23.3 Å². The van der Waals surface area contributed by atoms with Crippen molar-refractivity contribution in [3.8, 4) is 11.5 Å². The Bertz CT molecular complexity index is 554. The second-order valence-corrected chi connectivity index (χ2v) is 5.17. The van der Waals surface area contributed by atoms with Crippen molar-refractivity contribution in [2.24, 2.45) is 0 Å². The third-order valence-electron chi connectivity index (χ3n) is 3.06. The van der Waals surface area contributed by atoms with Gasteiger partial charge >= 0.3 is 0 Å². The van der Waals surface area contributed by atoms with Crippen molar-refractivity contribution in [2.75, 3.05) is 13.1 Å². The summed E-state index contributed by atoms with van der Waals surface area (Å²) in [5.41, 5.74) is 1.81. The molecule has 0 aliphatic heterocycles. The van der Waals surface area contributed by atoms with Crippen LogP contribution in [0.3, 0.4) is 0 Å². The molecule has 0 spiro atoms. The Kier molecular flexibility index (Phi) is 5.56. The molecule has 1 aromatic carbocycles. The lowest BCUT2D eigenvalue weighted by molar-refractivity contribution is 0.491. The summed E-state index contributed by atoms with van der Waals surface area (Å²) in [5, 5.41) is 12.2. The second kappa shape index (κ2) is 7.41. The second-order valence-electron chi connectivity index (χ2n) is 4.79. The summed E-state index contributed by atoms with van der Waals surface area (Å²) in [6, 6.07) is 5.80. The summed E-state index contributed by atoms with van der Waals surface area (Å²) in [6.45, 7) is 6.14. The molecule has 2 aromatic rings. The fraction of sp³-hybridized carbons (Fsp3) is 0.467. The number of benzene rings is 1. The normalized spacial score (nSPS) is 10.9. The van der Waals surface area contributed by atoms with Crippen LogP contribution in [0.1, 0.15) is 31.2 Å². The summed E-state index contributed by atoms with van der Waals surface area (Å²) in [5.74, 6) is 1.16. The zero-order valence-electron chi connectivity index (χ0n) is 11.9. The summed E-state index contributed by atoms with van der Waals surface area (Å²) >= 11 is 6.26. The summed E-state index contributed by atoms with van der Waals surface area (Å²) in [6.07, 6.45) is 2.92. The maximum Gasteiger partial charge on any atom is 0.249 e. The molecule has 20 heavy (non-hydrogen) atoms. The Labute approximate surface area is 124 Å². The van der Waals surface area contributed by atoms with Crippen molar-refractivity contribution in [1.82, 2.24) is 15.5 Å². The Morgan fingerprint density at radius 3 is 2.90 bits per heavy atom. The van der Waals surface area contributed by atoms with E-state index in [0.29, 0.717) is 16.8 Å². The van der Waals surface area contributed by atoms with Crippen molar-refractivity contribution in [3.63, 3.8) is 0 Å². The number of halogens is 1. The van der Waals surface area contributed by atoms with Crippen LogP contribution in [0, 0.1) is 6.92 Å². The lowest BCUT2D eigenvalue weighted by Gasteiger charge is -2.02. The van der Waals surface area contributed by atoms with Gasteiger partial charge in [0.05, 0.1) is 10.6 Å². The molecule has 0 unspecified atom stereocenters. The number of hydrogen-bond acceptors (Lipinski definition) is 4. The Hall–Kier alpha value is -1.39. The zero-order valence-corrected chi connectivity index (χ0v) is 12.7. The molecule has 4 nitrogen and oxygen atoms in total. The molecule has 0 saturated heterocycles. The summed E-state index contributed by atoms with van der Waals surface area (Å²) in [7, 11) is 0. The average molecular weight is 294 g/mol. The molecule has 0 bridgehead atoms. The first kappa shape index (κ1) is 15.0. The lowest BCUT2D eigenvalue weighted by atomic mass is 10.1. The third-order valence-corrected chi connectivity index (χ3v) is 3.56. The Morgan fingerprint density at radius 2 is 2.10 bits per heavy atom. The van der Waals surface area contributed by atoms with E-state index < -0.39 is 0 Å². The first-order valence-electron chi connectivity index (χ1n) is 7.01. The minimum atomic E-state index is 0.496. The molecule has 2 rings (SSSR count). The van der Waals surface area contributed by atoms with Crippen LogP contribution in [0.5, 0.6) is 0 Å². The SMILES string of the molecule is CCCNCCCc1nnc(-c2cccc(C)c2Cl)o1. The van der Waals surface area contributed by atoms with Crippen LogP contribution >= 0.6 is 11.6 Å². The van der Waals surface area contributed by atoms with Gasteiger partial charge in [-0.05, 0) is 44.5 Å². The van der Waals surface area contributed by atoms with E-state index >= 15 is 0 Å². The van der Waals surface area contributed by atoms with Gasteiger partial charge in [0.25, 0.3) is 0 Å². The highest BCUT2D eigenvalue weighted by Crippen LogP contribution is 2.29. The van der Waals surface area contributed by atoms with Gasteiger partial charge < -0.3 is 9.73 Å². The van der Waals surface area contributed by atoms with Crippen molar-refractivity contribution in [1.29, 1.82) is 0 Å². The van der Waals surface area contributed by atoms with E-state index in [0.717, 1.165) is 43.5 Å². The molecule has 5 heteroatoms. The number of nitrogens with one attached hydrogen (secondary N) is 1. The van der Waals surface area contributed by atoms with E-state index in [4.69, 9.17) is 16.0 Å². The fourth-order valence-electron chi connectivity index (χ4n) is 1.94. The zero-order chi connectivity index (χ0) is 14.4. The standard InChI is InChI=1S/C15H20ClN3O/c1-3-9-17-10-5-8-13-18-19-15(20-13)12-7-4-6-11(2)14(12)16/h4,6-7,17H,3,5,8-10H2,1-2H3. The van der Waals surface area contributed by atoms with Gasteiger partial charge in [-0.3, -0.25) is 0 Å². The fourth-order valence-corrected chi connectivity index (χ4v) is 2.15. The Morgan fingerprint density at radius 1 is 1.25 bits per heavy atom. The van der Waals surface area contributed by atoms with Crippen molar-refractivity contribution >= 4 is 11.6 Å². The maximum absolute atomic E-state index is 6.26. The maximum atomic E-state index is 6.26. The monoisotopic (exact) mass is 293 g/mol. The molecular weight excluding hydrogens is 274 g/mol. The van der Waals surface area contributed by atoms with E-state index in [-0.39, 0.29) is 0 Å². The predicted molar refractivity (Wildman–Crippen MR) is 81.0 cm³/mol. The lowest BCUT2D eigenvalue weighted by Crippen LogP contribution is -2.16. The van der Waals surface area contributed by atoms with Gasteiger partial charge in [-0.15, -0.1) is 10.2 Å². The highest BCUT2D eigenvalue weighted by molar-refractivity contribution is 6.33. The number of aryl methyl sites for hydroxylation is 2. The smallest absolute Gasteiger partial charge is 0.249 e. The van der Waals surface area contributed by atoms with E-state index in [1.807, 2.05) is 25.1 Å². The molecule has 1 aromatic heterocycles. The van der Waals surface area contributed by atoms with Gasteiger partial charge in [-0.1, -0.05) is 30.7 Å². The molecule has 0 aliphatic rings. The number of rotatable bonds is 7. The summed E-state index contributed by atoms with van der Waals surface area (Å²) in [4.78, 5) is 0. The van der Waals surface area contributed by atoms with E-state index in [1.54, 1.807) is 0 Å². The van der Waals surface area contributed by atoms with Gasteiger partial charge in [0.2, 0.25) is 11.8 Å². The molecule has 0 aliphatic carbocycles. The molecule has 0 radical (unpaired) electrons. The molecule has 108 valence electrons. The third kappa shape index (κ3) is 3.81. The van der Waals surface area contributed by atoms with Gasteiger partial charge in [-0.25, -0.2) is 0 Å². The van der Waals surface area contributed by atoms with E-state index in [9.17, 15) is 0 Å². The molecule has 1 N–H and O–H groups in total. The van der Waals surface area contributed by atoms with Gasteiger partial charge in [0.15, 0.2) is 0 Å². The number of hydrogen-bond donors (Lipinski definition) is 1. The van der Waals surface area contributed by atoms with Gasteiger partial charge in [0, 0.05) is 6.42 Å². The Balaban J connectivity index is 1.97.